The van der Waals surface area contributed by atoms with Gasteiger partial charge in [0.25, 0.3) is 0 Å². The summed E-state index contributed by atoms with van der Waals surface area (Å²) in [6.07, 6.45) is -1.60. The number of anilines is 1. The molecule has 0 radical (unpaired) electrons. The number of alkyl halides is 3. The first-order chi connectivity index (χ1) is 10.9. The molecule has 23 heavy (non-hydrogen) atoms. The highest BCUT2D eigenvalue weighted by Crippen LogP contribution is 2.34. The zero-order chi connectivity index (χ0) is 16.9. The summed E-state index contributed by atoms with van der Waals surface area (Å²) >= 11 is 0. The lowest BCUT2D eigenvalue weighted by atomic mass is 10.0. The van der Waals surface area contributed by atoms with Crippen LogP contribution < -0.4 is 5.32 Å². The Balaban J connectivity index is 1.91. The van der Waals surface area contributed by atoms with Gasteiger partial charge in [0.15, 0.2) is 0 Å². The molecule has 2 rings (SSSR count). The molecule has 1 aliphatic heterocycles. The van der Waals surface area contributed by atoms with Crippen molar-refractivity contribution in [1.29, 1.82) is 0 Å². The second kappa shape index (κ2) is 7.63. The molecule has 1 N–H and O–H groups in total. The first-order valence-corrected chi connectivity index (χ1v) is 7.47. The van der Waals surface area contributed by atoms with Crippen LogP contribution in [-0.4, -0.2) is 48.6 Å². The fraction of sp³-hybridized carbons (Fsp3) is 0.600. The summed E-state index contributed by atoms with van der Waals surface area (Å²) in [4.78, 5) is 17.4. The van der Waals surface area contributed by atoms with E-state index in [-0.39, 0.29) is 17.8 Å². The summed E-state index contributed by atoms with van der Waals surface area (Å²) in [5, 5.41) is 2.86. The number of ether oxygens (including phenoxy) is 1. The molecule has 0 unspecified atom stereocenters. The number of carbonyl (C=O) groups is 1. The van der Waals surface area contributed by atoms with Gasteiger partial charge in [0.2, 0.25) is 5.91 Å². The van der Waals surface area contributed by atoms with E-state index in [1.807, 2.05) is 0 Å². The lowest BCUT2D eigenvalue weighted by Gasteiger charge is -2.33. The van der Waals surface area contributed by atoms with E-state index in [4.69, 9.17) is 4.74 Å². The quantitative estimate of drug-likeness (QED) is 0.901. The number of likely N-dealkylation sites (tertiary alicyclic amines) is 1. The van der Waals surface area contributed by atoms with Crippen molar-refractivity contribution < 1.29 is 22.7 Å². The third-order valence-corrected chi connectivity index (χ3v) is 3.82. The highest BCUT2D eigenvalue weighted by Gasteiger charge is 2.35. The summed E-state index contributed by atoms with van der Waals surface area (Å²) < 4.78 is 43.7. The Morgan fingerprint density at radius 1 is 1.43 bits per heavy atom. The van der Waals surface area contributed by atoms with Gasteiger partial charge >= 0.3 is 6.18 Å². The summed E-state index contributed by atoms with van der Waals surface area (Å²) in [6, 6.07) is 2.15. The van der Waals surface area contributed by atoms with E-state index < -0.39 is 11.7 Å². The van der Waals surface area contributed by atoms with E-state index >= 15 is 0 Å². The van der Waals surface area contributed by atoms with E-state index in [1.165, 1.54) is 19.4 Å². The molecule has 1 aliphatic rings. The molecule has 1 aromatic rings. The van der Waals surface area contributed by atoms with Gasteiger partial charge in [-0.1, -0.05) is 0 Å². The highest BCUT2D eigenvalue weighted by atomic mass is 19.4. The van der Waals surface area contributed by atoms with Crippen LogP contribution in [0.4, 0.5) is 19.0 Å². The van der Waals surface area contributed by atoms with Crippen molar-refractivity contribution in [3.8, 4) is 0 Å². The normalized spacial score (nSPS) is 16.4. The third kappa shape index (κ3) is 4.82. The summed E-state index contributed by atoms with van der Waals surface area (Å²) in [6.45, 7) is 1.42. The molecule has 0 saturated carbocycles. The number of pyridine rings is 1. The van der Waals surface area contributed by atoms with Gasteiger partial charge in [0.1, 0.15) is 5.82 Å². The number of hydrogen-bond donors (Lipinski definition) is 1. The van der Waals surface area contributed by atoms with Crippen LogP contribution in [0.2, 0.25) is 0 Å². The number of carbonyl (C=O) groups excluding carboxylic acids is 1. The largest absolute Gasteiger partial charge is 0.419 e. The zero-order valence-electron chi connectivity index (χ0n) is 12.9. The molecule has 1 amide bonds. The molecule has 5 nitrogen and oxygen atoms in total. The average molecular weight is 331 g/mol. The molecular formula is C15H20F3N3O2. The van der Waals surface area contributed by atoms with E-state index in [0.29, 0.717) is 39.0 Å². The predicted molar refractivity (Wildman–Crippen MR) is 79.0 cm³/mol. The van der Waals surface area contributed by atoms with Gasteiger partial charge in [-0.05, 0) is 25.0 Å². The lowest BCUT2D eigenvalue weighted by molar-refractivity contribution is -0.137. The number of amides is 1. The van der Waals surface area contributed by atoms with E-state index in [0.717, 1.165) is 6.07 Å². The summed E-state index contributed by atoms with van der Waals surface area (Å²) in [5.41, 5.74) is -0.765. The van der Waals surface area contributed by atoms with Gasteiger partial charge in [-0.3, -0.25) is 4.79 Å². The summed E-state index contributed by atoms with van der Waals surface area (Å²) in [7, 11) is 1.54. The Kier molecular flexibility index (Phi) is 5.81. The number of rotatable bonds is 5. The van der Waals surface area contributed by atoms with Crippen LogP contribution in [0.25, 0.3) is 0 Å². The van der Waals surface area contributed by atoms with Crippen molar-refractivity contribution in [2.75, 3.05) is 32.1 Å². The Morgan fingerprint density at radius 3 is 2.74 bits per heavy atom. The first kappa shape index (κ1) is 17.5. The van der Waals surface area contributed by atoms with Gasteiger partial charge in [-0.25, -0.2) is 4.98 Å². The Morgan fingerprint density at radius 2 is 2.13 bits per heavy atom. The number of methoxy groups -OCH3 is 1. The molecule has 0 aliphatic carbocycles. The summed E-state index contributed by atoms with van der Waals surface area (Å²) in [5.74, 6) is -0.136. The SMILES string of the molecule is COCCC(=O)N1CCC(Nc2ncccc2C(F)(F)F)CC1. The molecule has 0 spiro atoms. The monoisotopic (exact) mass is 331 g/mol. The predicted octanol–water partition coefficient (Wildman–Crippen LogP) is 2.54. The van der Waals surface area contributed by atoms with Crippen molar-refractivity contribution >= 4 is 11.7 Å². The van der Waals surface area contributed by atoms with Gasteiger partial charge in [-0.2, -0.15) is 13.2 Å². The fourth-order valence-electron chi connectivity index (χ4n) is 2.56. The van der Waals surface area contributed by atoms with Gasteiger partial charge in [0, 0.05) is 32.4 Å². The molecule has 0 atom stereocenters. The van der Waals surface area contributed by atoms with Crippen LogP contribution in [0, 0.1) is 0 Å². The Bertz CT molecular complexity index is 529. The maximum absolute atomic E-state index is 12.9. The molecule has 128 valence electrons. The third-order valence-electron chi connectivity index (χ3n) is 3.82. The molecule has 0 aromatic carbocycles. The number of nitrogens with zero attached hydrogens (tertiary/aromatic N) is 2. The van der Waals surface area contributed by atoms with Gasteiger partial charge in [0.05, 0.1) is 18.6 Å². The van der Waals surface area contributed by atoms with Crippen molar-refractivity contribution in [3.05, 3.63) is 23.9 Å². The number of hydrogen-bond acceptors (Lipinski definition) is 4. The van der Waals surface area contributed by atoms with Crippen LogP contribution in [0.1, 0.15) is 24.8 Å². The topological polar surface area (TPSA) is 54.5 Å². The smallest absolute Gasteiger partial charge is 0.384 e. The number of nitrogens with one attached hydrogen (secondary N) is 1. The zero-order valence-corrected chi connectivity index (χ0v) is 12.9. The average Bonchev–Trinajstić information content (AvgIpc) is 2.53. The molecule has 0 bridgehead atoms. The van der Waals surface area contributed by atoms with Crippen LogP contribution in [0.15, 0.2) is 18.3 Å². The Hall–Kier alpha value is -1.83. The first-order valence-electron chi connectivity index (χ1n) is 7.47. The van der Waals surface area contributed by atoms with Crippen LogP contribution in [0.5, 0.6) is 0 Å². The van der Waals surface area contributed by atoms with Crippen LogP contribution in [-0.2, 0) is 15.7 Å². The fourth-order valence-corrected chi connectivity index (χ4v) is 2.56. The Labute approximate surface area is 132 Å². The van der Waals surface area contributed by atoms with Crippen molar-refractivity contribution in [1.82, 2.24) is 9.88 Å². The number of aromatic nitrogens is 1. The highest BCUT2D eigenvalue weighted by molar-refractivity contribution is 5.76. The van der Waals surface area contributed by atoms with Crippen molar-refractivity contribution in [3.63, 3.8) is 0 Å². The molecular weight excluding hydrogens is 311 g/mol. The molecule has 1 fully saturated rings. The van der Waals surface area contributed by atoms with E-state index in [2.05, 4.69) is 10.3 Å². The minimum absolute atomic E-state index is 0.0131. The van der Waals surface area contributed by atoms with Crippen molar-refractivity contribution in [2.45, 2.75) is 31.5 Å². The number of piperidine rings is 1. The number of halogens is 3. The lowest BCUT2D eigenvalue weighted by Crippen LogP contribution is -2.42. The molecule has 1 saturated heterocycles. The minimum Gasteiger partial charge on any atom is -0.384 e. The second-order valence-corrected chi connectivity index (χ2v) is 5.44. The molecule has 8 heteroatoms. The minimum atomic E-state index is -4.44. The van der Waals surface area contributed by atoms with Gasteiger partial charge in [-0.15, -0.1) is 0 Å². The molecule has 1 aromatic heterocycles. The van der Waals surface area contributed by atoms with Crippen molar-refractivity contribution in [2.24, 2.45) is 0 Å². The van der Waals surface area contributed by atoms with Crippen LogP contribution >= 0.6 is 0 Å². The molecule has 2 heterocycles. The second-order valence-electron chi connectivity index (χ2n) is 5.44. The van der Waals surface area contributed by atoms with Gasteiger partial charge < -0.3 is 15.0 Å². The van der Waals surface area contributed by atoms with Crippen LogP contribution in [0.3, 0.4) is 0 Å². The van der Waals surface area contributed by atoms with E-state index in [1.54, 1.807) is 4.90 Å². The van der Waals surface area contributed by atoms with E-state index in [9.17, 15) is 18.0 Å². The maximum Gasteiger partial charge on any atom is 0.419 e. The maximum atomic E-state index is 12.9. The standard InChI is InChI=1S/C15H20F3N3O2/c1-23-10-6-13(22)21-8-4-11(5-9-21)20-14-12(15(16,17)18)3-2-7-19-14/h2-3,7,11H,4-6,8-10H2,1H3,(H,19,20).